The molecule has 0 saturated carbocycles. The number of carbonyl (C=O) groups is 2. The number of nitrogens with one attached hydrogen (secondary N) is 1. The quantitative estimate of drug-likeness (QED) is 0.832. The number of nitrogens with zero attached hydrogens (tertiary/aromatic N) is 2. The minimum atomic E-state index is -0.543. The maximum Gasteiger partial charge on any atom is 0.249 e. The maximum absolute atomic E-state index is 13.2. The zero-order valence-electron chi connectivity index (χ0n) is 13.4. The van der Waals surface area contributed by atoms with Gasteiger partial charge < -0.3 is 10.2 Å². The number of hydrogen-bond donors (Lipinski definition) is 1. The van der Waals surface area contributed by atoms with Crippen LogP contribution in [0.25, 0.3) is 6.08 Å². The van der Waals surface area contributed by atoms with Gasteiger partial charge in [0.05, 0.1) is 5.88 Å². The first-order valence-electron chi connectivity index (χ1n) is 7.58. The molecule has 0 radical (unpaired) electrons. The molecule has 2 aromatic rings. The minimum absolute atomic E-state index is 0.244. The Morgan fingerprint density at radius 3 is 3.00 bits per heavy atom. The molecule has 1 saturated heterocycles. The van der Waals surface area contributed by atoms with E-state index in [0.29, 0.717) is 22.3 Å². The molecule has 1 N–H and O–H groups in total. The van der Waals surface area contributed by atoms with Gasteiger partial charge in [0.25, 0.3) is 0 Å². The molecule has 0 aliphatic carbocycles. The van der Waals surface area contributed by atoms with Crippen LogP contribution in [0.1, 0.15) is 10.4 Å². The monoisotopic (exact) mass is 377 g/mol. The molecule has 1 aliphatic heterocycles. The highest BCUT2D eigenvalue weighted by molar-refractivity contribution is 7.99. The zero-order valence-corrected chi connectivity index (χ0v) is 15.1. The van der Waals surface area contributed by atoms with Crippen molar-refractivity contribution in [2.24, 2.45) is 0 Å². The van der Waals surface area contributed by atoms with Gasteiger partial charge in [-0.25, -0.2) is 9.37 Å². The topological polar surface area (TPSA) is 62.3 Å². The first kappa shape index (κ1) is 17.6. The van der Waals surface area contributed by atoms with E-state index in [9.17, 15) is 14.0 Å². The Kier molecular flexibility index (Phi) is 5.50. The van der Waals surface area contributed by atoms with Gasteiger partial charge in [-0.2, -0.15) is 0 Å². The largest absolute Gasteiger partial charge is 0.317 e. The van der Waals surface area contributed by atoms with Gasteiger partial charge in [0.1, 0.15) is 11.9 Å². The fraction of sp³-hybridized carbons (Fsp3) is 0.235. The molecule has 2 heterocycles. The van der Waals surface area contributed by atoms with Crippen molar-refractivity contribution in [1.29, 1.82) is 0 Å². The van der Waals surface area contributed by atoms with Gasteiger partial charge in [-0.1, -0.05) is 12.1 Å². The third-order valence-electron chi connectivity index (χ3n) is 3.59. The van der Waals surface area contributed by atoms with Crippen LogP contribution in [0.2, 0.25) is 0 Å². The first-order chi connectivity index (χ1) is 12.0. The van der Waals surface area contributed by atoms with Crippen molar-refractivity contribution in [2.45, 2.75) is 13.0 Å². The first-order valence-corrected chi connectivity index (χ1v) is 9.55. The molecule has 8 heteroatoms. The summed E-state index contributed by atoms with van der Waals surface area (Å²) >= 11 is 2.91. The van der Waals surface area contributed by atoms with Gasteiger partial charge in [-0.05, 0) is 30.7 Å². The number of amides is 2. The molecule has 0 spiro atoms. The Hall–Kier alpha value is -2.19. The van der Waals surface area contributed by atoms with Crippen molar-refractivity contribution in [3.05, 3.63) is 52.8 Å². The average molecular weight is 377 g/mol. The molecule has 0 bridgehead atoms. The molecule has 1 aliphatic rings. The Bertz CT molecular complexity index is 822. The molecule has 5 nitrogen and oxygen atoms in total. The smallest absolute Gasteiger partial charge is 0.249 e. The van der Waals surface area contributed by atoms with Crippen LogP contribution in [-0.4, -0.2) is 39.4 Å². The number of rotatable bonds is 4. The average Bonchev–Trinajstić information content (AvgIpc) is 3.22. The second kappa shape index (κ2) is 7.79. The standard InChI is InChI=1S/C17H16FN3O2S2/c1-11-8-19-17(25-11)20-16(23)14-9-24-10-21(14)15(22)6-5-12-3-2-4-13(18)7-12/h2-8,14H,9-10H2,1H3,(H,19,20,23). The van der Waals surface area contributed by atoms with E-state index in [1.807, 2.05) is 6.92 Å². The highest BCUT2D eigenvalue weighted by Crippen LogP contribution is 2.24. The molecule has 2 amide bonds. The number of aryl methyl sites for hydroxylation is 1. The highest BCUT2D eigenvalue weighted by atomic mass is 32.2. The number of carbonyl (C=O) groups excluding carboxylic acids is 2. The summed E-state index contributed by atoms with van der Waals surface area (Å²) in [6.07, 6.45) is 4.61. The SMILES string of the molecule is Cc1cnc(NC(=O)C2CSCN2C(=O)C=Cc2cccc(F)c2)s1. The van der Waals surface area contributed by atoms with E-state index in [1.54, 1.807) is 24.4 Å². The normalized spacial score (nSPS) is 17.2. The number of aromatic nitrogens is 1. The molecule has 3 rings (SSSR count). The summed E-state index contributed by atoms with van der Waals surface area (Å²) in [5.41, 5.74) is 0.597. The van der Waals surface area contributed by atoms with Crippen LogP contribution in [-0.2, 0) is 9.59 Å². The van der Waals surface area contributed by atoms with E-state index in [2.05, 4.69) is 10.3 Å². The molecule has 1 atom stereocenters. The number of benzene rings is 1. The summed E-state index contributed by atoms with van der Waals surface area (Å²) in [5, 5.41) is 3.29. The van der Waals surface area contributed by atoms with Gasteiger partial charge in [-0.15, -0.1) is 23.1 Å². The van der Waals surface area contributed by atoms with Crippen molar-refractivity contribution in [3.63, 3.8) is 0 Å². The van der Waals surface area contributed by atoms with E-state index < -0.39 is 6.04 Å². The van der Waals surface area contributed by atoms with E-state index in [0.717, 1.165) is 4.88 Å². The number of anilines is 1. The van der Waals surface area contributed by atoms with Crippen LogP contribution in [0.4, 0.5) is 9.52 Å². The second-order valence-corrected chi connectivity index (χ2v) is 7.71. The van der Waals surface area contributed by atoms with E-state index in [-0.39, 0.29) is 17.6 Å². The number of halogens is 1. The third kappa shape index (κ3) is 4.46. The van der Waals surface area contributed by atoms with Crippen LogP contribution in [0.5, 0.6) is 0 Å². The Morgan fingerprint density at radius 1 is 1.44 bits per heavy atom. The lowest BCUT2D eigenvalue weighted by Gasteiger charge is -2.21. The molecule has 1 fully saturated rings. The molecule has 1 aromatic carbocycles. The van der Waals surface area contributed by atoms with Gasteiger partial charge in [0.15, 0.2) is 5.13 Å². The predicted octanol–water partition coefficient (Wildman–Crippen LogP) is 3.14. The summed E-state index contributed by atoms with van der Waals surface area (Å²) in [7, 11) is 0. The molecular formula is C17H16FN3O2S2. The van der Waals surface area contributed by atoms with Crippen molar-refractivity contribution >= 4 is 46.1 Å². The van der Waals surface area contributed by atoms with Gasteiger partial charge in [0.2, 0.25) is 11.8 Å². The van der Waals surface area contributed by atoms with Crippen molar-refractivity contribution in [2.75, 3.05) is 16.9 Å². The zero-order chi connectivity index (χ0) is 17.8. The van der Waals surface area contributed by atoms with Crippen molar-refractivity contribution in [1.82, 2.24) is 9.88 Å². The molecule has 130 valence electrons. The second-order valence-electron chi connectivity index (χ2n) is 5.48. The summed E-state index contributed by atoms with van der Waals surface area (Å²) in [6.45, 7) is 1.91. The van der Waals surface area contributed by atoms with Crippen LogP contribution < -0.4 is 5.32 Å². The fourth-order valence-corrected chi connectivity index (χ4v) is 4.18. The van der Waals surface area contributed by atoms with Crippen LogP contribution >= 0.6 is 23.1 Å². The molecular weight excluding hydrogens is 361 g/mol. The Balaban J connectivity index is 1.66. The lowest BCUT2D eigenvalue weighted by molar-refractivity contribution is -0.132. The summed E-state index contributed by atoms with van der Waals surface area (Å²) in [6, 6.07) is 5.44. The highest BCUT2D eigenvalue weighted by Gasteiger charge is 2.34. The summed E-state index contributed by atoms with van der Waals surface area (Å²) < 4.78 is 13.2. The summed E-state index contributed by atoms with van der Waals surface area (Å²) in [5.74, 6) is 0.107. The van der Waals surface area contributed by atoms with Gasteiger partial charge in [0, 0.05) is 22.9 Å². The lowest BCUT2D eigenvalue weighted by Crippen LogP contribution is -2.43. The predicted molar refractivity (Wildman–Crippen MR) is 98.9 cm³/mol. The van der Waals surface area contributed by atoms with E-state index in [1.165, 1.54) is 46.2 Å². The number of hydrogen-bond acceptors (Lipinski definition) is 5. The van der Waals surface area contributed by atoms with E-state index in [4.69, 9.17) is 0 Å². The maximum atomic E-state index is 13.2. The Morgan fingerprint density at radius 2 is 2.28 bits per heavy atom. The molecule has 1 aromatic heterocycles. The van der Waals surface area contributed by atoms with Crippen molar-refractivity contribution < 1.29 is 14.0 Å². The van der Waals surface area contributed by atoms with Crippen LogP contribution in [0.15, 0.2) is 36.5 Å². The number of thiazole rings is 1. The minimum Gasteiger partial charge on any atom is -0.317 e. The van der Waals surface area contributed by atoms with E-state index >= 15 is 0 Å². The molecule has 1 unspecified atom stereocenters. The van der Waals surface area contributed by atoms with Crippen LogP contribution in [0.3, 0.4) is 0 Å². The fourth-order valence-electron chi connectivity index (χ4n) is 2.35. The van der Waals surface area contributed by atoms with Crippen LogP contribution in [0, 0.1) is 12.7 Å². The third-order valence-corrected chi connectivity index (χ3v) is 5.43. The Labute approximate surface area is 152 Å². The van der Waals surface area contributed by atoms with Gasteiger partial charge in [-0.3, -0.25) is 9.59 Å². The summed E-state index contributed by atoms with van der Waals surface area (Å²) in [4.78, 5) is 31.5. The molecule has 25 heavy (non-hydrogen) atoms. The number of thioether (sulfide) groups is 1. The van der Waals surface area contributed by atoms with Crippen molar-refractivity contribution in [3.8, 4) is 0 Å². The lowest BCUT2D eigenvalue weighted by atomic mass is 10.2. The van der Waals surface area contributed by atoms with Gasteiger partial charge >= 0.3 is 0 Å².